The summed E-state index contributed by atoms with van der Waals surface area (Å²) in [5, 5.41) is 13.5. The van der Waals surface area contributed by atoms with E-state index in [0.717, 1.165) is 12.1 Å². The van der Waals surface area contributed by atoms with Gasteiger partial charge in [0.25, 0.3) is 0 Å². The normalized spacial score (nSPS) is 12.5. The van der Waals surface area contributed by atoms with Crippen LogP contribution in [0.25, 0.3) is 0 Å². The number of anilines is 1. The lowest BCUT2D eigenvalue weighted by molar-refractivity contribution is -0.119. The van der Waals surface area contributed by atoms with Gasteiger partial charge in [-0.1, -0.05) is 0 Å². The topological polar surface area (TPSA) is 83.6 Å². The SMILES string of the molecule is NS(=O)(=O)c1ccc(N(CCO)CC(F)(F)F)c(F)c1. The number of aliphatic hydroxyl groups excluding tert-OH is 1. The molecule has 114 valence electrons. The molecule has 10 heteroatoms. The molecule has 0 bridgehead atoms. The molecule has 0 fully saturated rings. The van der Waals surface area contributed by atoms with Crippen molar-refractivity contribution < 1.29 is 31.1 Å². The molecular formula is C10H12F4N2O3S. The van der Waals surface area contributed by atoms with Crippen LogP contribution in [-0.2, 0) is 10.0 Å². The molecule has 0 radical (unpaired) electrons. The van der Waals surface area contributed by atoms with E-state index in [1.54, 1.807) is 0 Å². The van der Waals surface area contributed by atoms with Crippen LogP contribution in [0.2, 0.25) is 0 Å². The number of primary sulfonamides is 1. The minimum Gasteiger partial charge on any atom is -0.395 e. The van der Waals surface area contributed by atoms with Gasteiger partial charge in [-0.25, -0.2) is 17.9 Å². The molecule has 0 atom stereocenters. The Morgan fingerprint density at radius 3 is 2.30 bits per heavy atom. The number of benzene rings is 1. The van der Waals surface area contributed by atoms with Crippen LogP contribution in [0.4, 0.5) is 23.2 Å². The zero-order valence-corrected chi connectivity index (χ0v) is 10.9. The predicted molar refractivity (Wildman–Crippen MR) is 63.1 cm³/mol. The fourth-order valence-electron chi connectivity index (χ4n) is 1.54. The second-order valence-electron chi connectivity index (χ2n) is 3.92. The first kappa shape index (κ1) is 16.7. The van der Waals surface area contributed by atoms with Crippen molar-refractivity contribution >= 4 is 15.7 Å². The first-order valence-electron chi connectivity index (χ1n) is 5.29. The number of hydrogen-bond acceptors (Lipinski definition) is 4. The third-order valence-corrected chi connectivity index (χ3v) is 3.24. The number of nitrogens with two attached hydrogens (primary N) is 1. The number of alkyl halides is 3. The molecule has 0 heterocycles. The van der Waals surface area contributed by atoms with E-state index < -0.39 is 52.3 Å². The highest BCUT2D eigenvalue weighted by Crippen LogP contribution is 2.26. The third kappa shape index (κ3) is 4.62. The Morgan fingerprint density at radius 2 is 1.90 bits per heavy atom. The lowest BCUT2D eigenvalue weighted by atomic mass is 10.2. The first-order chi connectivity index (χ1) is 9.04. The molecular weight excluding hydrogens is 304 g/mol. The predicted octanol–water partition coefficient (Wildman–Crippen LogP) is 0.834. The summed E-state index contributed by atoms with van der Waals surface area (Å²) in [5.41, 5.74) is -0.469. The Bertz CT molecular complexity index is 574. The van der Waals surface area contributed by atoms with Gasteiger partial charge in [-0.3, -0.25) is 0 Å². The Morgan fingerprint density at radius 1 is 1.30 bits per heavy atom. The van der Waals surface area contributed by atoms with Gasteiger partial charge in [-0.05, 0) is 18.2 Å². The molecule has 1 aromatic rings. The molecule has 20 heavy (non-hydrogen) atoms. The quantitative estimate of drug-likeness (QED) is 0.788. The molecule has 0 aliphatic carbocycles. The van der Waals surface area contributed by atoms with Gasteiger partial charge in [0, 0.05) is 6.54 Å². The molecule has 0 saturated carbocycles. The average molecular weight is 316 g/mol. The van der Waals surface area contributed by atoms with E-state index in [2.05, 4.69) is 0 Å². The minimum atomic E-state index is -4.60. The summed E-state index contributed by atoms with van der Waals surface area (Å²) in [7, 11) is -4.15. The van der Waals surface area contributed by atoms with Gasteiger partial charge in [0.05, 0.1) is 17.2 Å². The fraction of sp³-hybridized carbons (Fsp3) is 0.400. The highest BCUT2D eigenvalue weighted by molar-refractivity contribution is 7.89. The van der Waals surface area contributed by atoms with Crippen LogP contribution in [0, 0.1) is 5.82 Å². The molecule has 0 unspecified atom stereocenters. The van der Waals surface area contributed by atoms with Crippen LogP contribution in [0.1, 0.15) is 0 Å². The maximum Gasteiger partial charge on any atom is 0.405 e. The molecule has 1 rings (SSSR count). The number of halogens is 4. The van der Waals surface area contributed by atoms with Crippen LogP contribution in [-0.4, -0.2) is 39.4 Å². The Hall–Kier alpha value is -1.39. The lowest BCUT2D eigenvalue weighted by Gasteiger charge is -2.25. The summed E-state index contributed by atoms with van der Waals surface area (Å²) in [5.74, 6) is -1.17. The Labute approximate surface area is 112 Å². The van der Waals surface area contributed by atoms with Crippen LogP contribution < -0.4 is 10.0 Å². The van der Waals surface area contributed by atoms with Crippen molar-refractivity contribution in [2.75, 3.05) is 24.6 Å². The van der Waals surface area contributed by atoms with Gasteiger partial charge >= 0.3 is 6.18 Å². The van der Waals surface area contributed by atoms with E-state index in [9.17, 15) is 26.0 Å². The first-order valence-corrected chi connectivity index (χ1v) is 6.84. The summed E-state index contributed by atoms with van der Waals surface area (Å²) in [4.78, 5) is 0.0112. The molecule has 3 N–H and O–H groups in total. The van der Waals surface area contributed by atoms with Crippen LogP contribution in [0.15, 0.2) is 23.1 Å². The van der Waals surface area contributed by atoms with Crippen LogP contribution >= 0.6 is 0 Å². The number of nitrogens with zero attached hydrogens (tertiary/aromatic N) is 1. The van der Waals surface area contributed by atoms with Crippen molar-refractivity contribution in [2.45, 2.75) is 11.1 Å². The molecule has 5 nitrogen and oxygen atoms in total. The second kappa shape index (κ2) is 5.94. The van der Waals surface area contributed by atoms with Gasteiger partial charge in [-0.15, -0.1) is 0 Å². The monoisotopic (exact) mass is 316 g/mol. The Balaban J connectivity index is 3.15. The summed E-state index contributed by atoms with van der Waals surface area (Å²) in [6.45, 7) is -2.54. The van der Waals surface area contributed by atoms with E-state index in [0.29, 0.717) is 11.0 Å². The fourth-order valence-corrected chi connectivity index (χ4v) is 2.07. The molecule has 1 aromatic carbocycles. The minimum absolute atomic E-state index is 0.453. The molecule has 0 aromatic heterocycles. The van der Waals surface area contributed by atoms with Crippen molar-refractivity contribution in [1.82, 2.24) is 0 Å². The van der Waals surface area contributed by atoms with Gasteiger partial charge in [0.1, 0.15) is 12.4 Å². The summed E-state index contributed by atoms with van der Waals surface area (Å²) < 4.78 is 72.8. The zero-order valence-electron chi connectivity index (χ0n) is 10.1. The molecule has 0 saturated heterocycles. The molecule has 0 aliphatic rings. The number of sulfonamides is 1. The van der Waals surface area contributed by atoms with Crippen molar-refractivity contribution in [3.8, 4) is 0 Å². The molecule has 0 amide bonds. The highest BCUT2D eigenvalue weighted by atomic mass is 32.2. The van der Waals surface area contributed by atoms with Crippen molar-refractivity contribution in [2.24, 2.45) is 5.14 Å². The van der Waals surface area contributed by atoms with Crippen molar-refractivity contribution in [3.63, 3.8) is 0 Å². The van der Waals surface area contributed by atoms with E-state index in [4.69, 9.17) is 10.2 Å². The molecule has 0 aliphatic heterocycles. The summed E-state index contributed by atoms with van der Waals surface area (Å²) >= 11 is 0. The van der Waals surface area contributed by atoms with Gasteiger partial charge in [-0.2, -0.15) is 13.2 Å². The number of hydrogen-bond donors (Lipinski definition) is 2. The Kier molecular flexibility index (Phi) is 4.95. The molecule has 0 spiro atoms. The zero-order chi connectivity index (χ0) is 15.6. The van der Waals surface area contributed by atoms with Gasteiger partial charge in [0.15, 0.2) is 0 Å². The van der Waals surface area contributed by atoms with E-state index >= 15 is 0 Å². The van der Waals surface area contributed by atoms with Gasteiger partial charge in [0.2, 0.25) is 10.0 Å². The van der Waals surface area contributed by atoms with E-state index in [1.807, 2.05) is 0 Å². The third-order valence-electron chi connectivity index (χ3n) is 2.33. The van der Waals surface area contributed by atoms with Crippen LogP contribution in [0.5, 0.6) is 0 Å². The maximum atomic E-state index is 13.7. The van der Waals surface area contributed by atoms with Crippen molar-refractivity contribution in [3.05, 3.63) is 24.0 Å². The van der Waals surface area contributed by atoms with Crippen molar-refractivity contribution in [1.29, 1.82) is 0 Å². The standard InChI is InChI=1S/C10H12F4N2O3S/c11-8-5-7(20(15,18)19)1-2-9(8)16(3-4-17)6-10(12,13)14/h1-2,5,17H,3-4,6H2,(H2,15,18,19). The number of rotatable bonds is 5. The summed E-state index contributed by atoms with van der Waals surface area (Å²) in [6.07, 6.45) is -4.60. The van der Waals surface area contributed by atoms with E-state index in [-0.39, 0.29) is 0 Å². The highest BCUT2D eigenvalue weighted by Gasteiger charge is 2.31. The average Bonchev–Trinajstić information content (AvgIpc) is 2.25. The maximum absolute atomic E-state index is 13.7. The second-order valence-corrected chi connectivity index (χ2v) is 5.48. The van der Waals surface area contributed by atoms with E-state index in [1.165, 1.54) is 0 Å². The lowest BCUT2D eigenvalue weighted by Crippen LogP contribution is -2.36. The van der Waals surface area contributed by atoms with Gasteiger partial charge < -0.3 is 10.0 Å². The summed E-state index contributed by atoms with van der Waals surface area (Å²) in [6, 6.07) is 2.30. The number of aliphatic hydroxyl groups is 1. The smallest absolute Gasteiger partial charge is 0.395 e. The largest absolute Gasteiger partial charge is 0.405 e. The van der Waals surface area contributed by atoms with Crippen LogP contribution in [0.3, 0.4) is 0 Å².